The van der Waals surface area contributed by atoms with Crippen LogP contribution in [0.4, 0.5) is 14.5 Å². The summed E-state index contributed by atoms with van der Waals surface area (Å²) in [6.07, 6.45) is 0. The molecule has 1 aliphatic rings. The first-order valence-electron chi connectivity index (χ1n) is 7.41. The second-order valence-electron chi connectivity index (χ2n) is 5.19. The Morgan fingerprint density at radius 2 is 1.68 bits per heavy atom. The molecule has 0 atom stereocenters. The highest BCUT2D eigenvalue weighted by atomic mass is 35.5. The molecule has 0 bridgehead atoms. The zero-order valence-electron chi connectivity index (χ0n) is 13.1. The highest BCUT2D eigenvalue weighted by Gasteiger charge is 2.39. The fourth-order valence-electron chi connectivity index (χ4n) is 2.50. The van der Waals surface area contributed by atoms with Crippen LogP contribution in [-0.2, 0) is 9.59 Å². The van der Waals surface area contributed by atoms with Crippen LogP contribution in [0.1, 0.15) is 12.5 Å². The Balaban J connectivity index is 1.97. The van der Waals surface area contributed by atoms with E-state index in [1.807, 2.05) is 6.92 Å². The number of rotatable bonds is 4. The third-order valence-corrected chi connectivity index (χ3v) is 3.99. The second-order valence-corrected chi connectivity index (χ2v) is 5.57. The standard InChI is InChI=1S/C18H12ClF2NO3/c1-2-25-12-6-3-10(4-7-12)15-16(19)18(24)22(17(15)23)11-5-8-13(20)14(21)9-11/h3-9H,2H2,1H3. The Labute approximate surface area is 147 Å². The number of ether oxygens (including phenoxy) is 1. The molecule has 1 aliphatic heterocycles. The summed E-state index contributed by atoms with van der Waals surface area (Å²) in [6.45, 7) is 2.33. The summed E-state index contributed by atoms with van der Waals surface area (Å²) >= 11 is 6.04. The van der Waals surface area contributed by atoms with Crippen molar-refractivity contribution in [3.8, 4) is 5.75 Å². The first-order valence-corrected chi connectivity index (χ1v) is 7.78. The molecule has 2 aromatic carbocycles. The van der Waals surface area contributed by atoms with Crippen LogP contribution in [0.25, 0.3) is 5.57 Å². The van der Waals surface area contributed by atoms with Gasteiger partial charge in [-0.25, -0.2) is 13.7 Å². The summed E-state index contributed by atoms with van der Waals surface area (Å²) in [5.74, 6) is -3.12. The fourth-order valence-corrected chi connectivity index (χ4v) is 2.77. The van der Waals surface area contributed by atoms with Crippen LogP contribution in [-0.4, -0.2) is 18.4 Å². The highest BCUT2D eigenvalue weighted by Crippen LogP contribution is 2.35. The number of carbonyl (C=O) groups is 2. The molecule has 25 heavy (non-hydrogen) atoms. The predicted octanol–water partition coefficient (Wildman–Crippen LogP) is 3.89. The van der Waals surface area contributed by atoms with Crippen molar-refractivity contribution in [1.29, 1.82) is 0 Å². The molecule has 0 spiro atoms. The zero-order valence-corrected chi connectivity index (χ0v) is 13.8. The molecule has 4 nitrogen and oxygen atoms in total. The van der Waals surface area contributed by atoms with Crippen molar-refractivity contribution in [3.05, 3.63) is 64.7 Å². The summed E-state index contributed by atoms with van der Waals surface area (Å²) in [7, 11) is 0. The Bertz CT molecular complexity index is 894. The Hall–Kier alpha value is -2.73. The largest absolute Gasteiger partial charge is 0.494 e. The monoisotopic (exact) mass is 363 g/mol. The normalized spacial score (nSPS) is 14.5. The summed E-state index contributed by atoms with van der Waals surface area (Å²) in [5, 5.41) is -0.279. The minimum Gasteiger partial charge on any atom is -0.494 e. The molecule has 0 saturated carbocycles. The number of carbonyl (C=O) groups excluding carboxylic acids is 2. The third kappa shape index (κ3) is 3.00. The first kappa shape index (κ1) is 17.1. The van der Waals surface area contributed by atoms with Crippen molar-refractivity contribution in [2.45, 2.75) is 6.92 Å². The lowest BCUT2D eigenvalue weighted by Crippen LogP contribution is -2.31. The van der Waals surface area contributed by atoms with Crippen LogP contribution in [0.15, 0.2) is 47.5 Å². The van der Waals surface area contributed by atoms with Gasteiger partial charge < -0.3 is 4.74 Å². The van der Waals surface area contributed by atoms with Gasteiger partial charge >= 0.3 is 0 Å². The second kappa shape index (κ2) is 6.64. The summed E-state index contributed by atoms with van der Waals surface area (Å²) in [5.41, 5.74) is 0.337. The summed E-state index contributed by atoms with van der Waals surface area (Å²) in [4.78, 5) is 25.7. The Kier molecular flexibility index (Phi) is 4.55. The van der Waals surface area contributed by atoms with Gasteiger partial charge in [-0.05, 0) is 36.8 Å². The molecule has 1 heterocycles. The molecular formula is C18H12ClF2NO3. The van der Waals surface area contributed by atoms with Crippen molar-refractivity contribution in [2.24, 2.45) is 0 Å². The van der Waals surface area contributed by atoms with Gasteiger partial charge in [-0.3, -0.25) is 9.59 Å². The maximum Gasteiger partial charge on any atom is 0.277 e. The molecule has 7 heteroatoms. The van der Waals surface area contributed by atoms with E-state index >= 15 is 0 Å². The highest BCUT2D eigenvalue weighted by molar-refractivity contribution is 6.60. The van der Waals surface area contributed by atoms with Gasteiger partial charge in [0, 0.05) is 6.07 Å². The lowest BCUT2D eigenvalue weighted by atomic mass is 10.1. The lowest BCUT2D eigenvalue weighted by molar-refractivity contribution is -0.119. The quantitative estimate of drug-likeness (QED) is 0.774. The molecule has 0 aliphatic carbocycles. The summed E-state index contributed by atoms with van der Waals surface area (Å²) < 4.78 is 31.8. The lowest BCUT2D eigenvalue weighted by Gasteiger charge is -2.15. The molecule has 3 rings (SSSR count). The van der Waals surface area contributed by atoms with E-state index in [1.54, 1.807) is 24.3 Å². The van der Waals surface area contributed by atoms with E-state index in [4.69, 9.17) is 16.3 Å². The predicted molar refractivity (Wildman–Crippen MR) is 89.2 cm³/mol. The van der Waals surface area contributed by atoms with Crippen LogP contribution >= 0.6 is 11.6 Å². The number of benzene rings is 2. The summed E-state index contributed by atoms with van der Waals surface area (Å²) in [6, 6.07) is 9.25. The minimum atomic E-state index is -1.16. The molecule has 0 fully saturated rings. The van der Waals surface area contributed by atoms with Gasteiger partial charge in [-0.2, -0.15) is 0 Å². The van der Waals surface area contributed by atoms with Crippen LogP contribution in [0, 0.1) is 11.6 Å². The molecular weight excluding hydrogens is 352 g/mol. The SMILES string of the molecule is CCOc1ccc(C2=C(Cl)C(=O)N(c3ccc(F)c(F)c3)C2=O)cc1. The fraction of sp³-hybridized carbons (Fsp3) is 0.111. The van der Waals surface area contributed by atoms with E-state index in [0.29, 0.717) is 17.9 Å². The van der Waals surface area contributed by atoms with Gasteiger partial charge in [0.25, 0.3) is 11.8 Å². The van der Waals surface area contributed by atoms with Crippen LogP contribution in [0.2, 0.25) is 0 Å². The van der Waals surface area contributed by atoms with Crippen molar-refractivity contribution >= 4 is 34.7 Å². The molecule has 0 N–H and O–H groups in total. The van der Waals surface area contributed by atoms with Crippen molar-refractivity contribution < 1.29 is 23.1 Å². The number of imide groups is 1. The Morgan fingerprint density at radius 3 is 2.28 bits per heavy atom. The zero-order chi connectivity index (χ0) is 18.1. The maximum absolute atomic E-state index is 13.4. The minimum absolute atomic E-state index is 0.000511. The first-order chi connectivity index (χ1) is 11.9. The number of hydrogen-bond donors (Lipinski definition) is 0. The molecule has 0 radical (unpaired) electrons. The van der Waals surface area contributed by atoms with Crippen molar-refractivity contribution in [3.63, 3.8) is 0 Å². The van der Waals surface area contributed by atoms with E-state index in [2.05, 4.69) is 0 Å². The maximum atomic E-state index is 13.4. The average molecular weight is 364 g/mol. The van der Waals surface area contributed by atoms with E-state index in [-0.39, 0.29) is 16.3 Å². The molecule has 0 saturated heterocycles. The van der Waals surface area contributed by atoms with Gasteiger partial charge in [-0.15, -0.1) is 0 Å². The Morgan fingerprint density at radius 1 is 1.00 bits per heavy atom. The van der Waals surface area contributed by atoms with E-state index < -0.39 is 23.4 Å². The number of amides is 2. The average Bonchev–Trinajstić information content (AvgIpc) is 2.81. The number of nitrogens with zero attached hydrogens (tertiary/aromatic N) is 1. The van der Waals surface area contributed by atoms with Gasteiger partial charge in [0.05, 0.1) is 17.9 Å². The van der Waals surface area contributed by atoms with Crippen LogP contribution < -0.4 is 9.64 Å². The topological polar surface area (TPSA) is 46.6 Å². The van der Waals surface area contributed by atoms with Crippen LogP contribution in [0.3, 0.4) is 0 Å². The number of anilines is 1. The van der Waals surface area contributed by atoms with Gasteiger partial charge in [0.15, 0.2) is 11.6 Å². The van der Waals surface area contributed by atoms with E-state index in [0.717, 1.165) is 23.1 Å². The van der Waals surface area contributed by atoms with Gasteiger partial charge in [0.2, 0.25) is 0 Å². The van der Waals surface area contributed by atoms with Crippen molar-refractivity contribution in [2.75, 3.05) is 11.5 Å². The van der Waals surface area contributed by atoms with Gasteiger partial charge in [0.1, 0.15) is 10.8 Å². The number of hydrogen-bond acceptors (Lipinski definition) is 3. The number of halogens is 3. The molecule has 2 amide bonds. The molecule has 2 aromatic rings. The molecule has 0 aromatic heterocycles. The van der Waals surface area contributed by atoms with Crippen LogP contribution in [0.5, 0.6) is 5.75 Å². The van der Waals surface area contributed by atoms with E-state index in [1.165, 1.54) is 0 Å². The smallest absolute Gasteiger partial charge is 0.277 e. The third-order valence-electron chi connectivity index (χ3n) is 3.64. The van der Waals surface area contributed by atoms with E-state index in [9.17, 15) is 18.4 Å². The van der Waals surface area contributed by atoms with Gasteiger partial charge in [-0.1, -0.05) is 23.7 Å². The molecule has 128 valence electrons. The van der Waals surface area contributed by atoms with Crippen molar-refractivity contribution in [1.82, 2.24) is 0 Å². The molecule has 0 unspecified atom stereocenters.